The fourth-order valence-electron chi connectivity index (χ4n) is 3.01. The Kier molecular flexibility index (Phi) is 13.1. The summed E-state index contributed by atoms with van der Waals surface area (Å²) in [7, 11) is 0. The molecule has 1 radical (unpaired) electrons. The Morgan fingerprint density at radius 2 is 1.23 bits per heavy atom. The molecule has 0 aliphatic rings. The first-order valence-electron chi connectivity index (χ1n) is 9.75. The van der Waals surface area contributed by atoms with Crippen LogP contribution in [-0.2, 0) is 6.42 Å². The summed E-state index contributed by atoms with van der Waals surface area (Å²) in [6.07, 6.45) is 25.9. The largest absolute Gasteiger partial charge is 0.254 e. The second-order valence-corrected chi connectivity index (χ2v) is 6.62. The highest BCUT2D eigenvalue weighted by Gasteiger charge is 1.95. The third-order valence-electron chi connectivity index (χ3n) is 4.47. The Labute approximate surface area is 138 Å². The van der Waals surface area contributed by atoms with Crippen LogP contribution in [0.25, 0.3) is 0 Å². The molecular weight excluding hydrogens is 266 g/mol. The predicted molar refractivity (Wildman–Crippen MR) is 97.1 cm³/mol. The minimum Gasteiger partial charge on any atom is -0.254 e. The van der Waals surface area contributed by atoms with E-state index in [0.717, 1.165) is 6.42 Å². The van der Waals surface area contributed by atoms with Crippen molar-refractivity contribution in [2.75, 3.05) is 0 Å². The number of nitrogens with zero attached hydrogens (tertiary/aromatic N) is 1. The van der Waals surface area contributed by atoms with Gasteiger partial charge in [0.2, 0.25) is 0 Å². The van der Waals surface area contributed by atoms with Gasteiger partial charge in [0.1, 0.15) is 0 Å². The maximum absolute atomic E-state index is 4.04. The lowest BCUT2D eigenvalue weighted by Crippen LogP contribution is -1.87. The van der Waals surface area contributed by atoms with E-state index in [1.54, 1.807) is 6.20 Å². The Balaban J connectivity index is 1.73. The van der Waals surface area contributed by atoms with Crippen LogP contribution in [0.4, 0.5) is 0 Å². The average molecular weight is 303 g/mol. The van der Waals surface area contributed by atoms with E-state index >= 15 is 0 Å². The van der Waals surface area contributed by atoms with E-state index in [1.807, 2.05) is 6.07 Å². The Morgan fingerprint density at radius 3 is 1.68 bits per heavy atom. The standard InChI is InChI=1S/C21H36N/c1-2-3-4-5-6-7-8-9-10-11-12-13-14-15-17-21-18-16-19-22-20-21/h16,18-19H,2-15,17H2,1H3. The van der Waals surface area contributed by atoms with Crippen molar-refractivity contribution in [2.24, 2.45) is 0 Å². The molecule has 1 aromatic rings. The molecule has 0 unspecified atom stereocenters. The van der Waals surface area contributed by atoms with Crippen LogP contribution in [0, 0.1) is 6.20 Å². The third kappa shape index (κ3) is 11.8. The molecule has 1 aromatic heterocycles. The molecule has 22 heavy (non-hydrogen) atoms. The molecule has 0 saturated carbocycles. The summed E-state index contributed by atoms with van der Waals surface area (Å²) in [5, 5.41) is 0. The highest BCUT2D eigenvalue weighted by molar-refractivity contribution is 5.06. The van der Waals surface area contributed by atoms with Gasteiger partial charge in [0.05, 0.1) is 6.20 Å². The molecule has 125 valence electrons. The summed E-state index contributed by atoms with van der Waals surface area (Å²) < 4.78 is 0. The summed E-state index contributed by atoms with van der Waals surface area (Å²) in [5.74, 6) is 0. The summed E-state index contributed by atoms with van der Waals surface area (Å²) in [6.45, 7) is 2.29. The lowest BCUT2D eigenvalue weighted by Gasteiger charge is -2.03. The van der Waals surface area contributed by atoms with E-state index in [1.165, 1.54) is 95.5 Å². The van der Waals surface area contributed by atoms with Crippen LogP contribution in [0.15, 0.2) is 18.3 Å². The van der Waals surface area contributed by atoms with Crippen LogP contribution in [0.3, 0.4) is 0 Å². The van der Waals surface area contributed by atoms with Gasteiger partial charge in [-0.25, -0.2) is 0 Å². The van der Waals surface area contributed by atoms with Gasteiger partial charge in [-0.1, -0.05) is 96.5 Å². The molecule has 0 aliphatic carbocycles. The summed E-state index contributed by atoms with van der Waals surface area (Å²) >= 11 is 0. The van der Waals surface area contributed by atoms with Crippen LogP contribution in [0.2, 0.25) is 0 Å². The summed E-state index contributed by atoms with van der Waals surface area (Å²) in [6, 6.07) is 4.14. The number of unbranched alkanes of at least 4 members (excludes halogenated alkanes) is 13. The van der Waals surface area contributed by atoms with Gasteiger partial charge in [-0.15, -0.1) is 0 Å². The van der Waals surface area contributed by atoms with E-state index < -0.39 is 0 Å². The second kappa shape index (κ2) is 15.1. The molecule has 0 amide bonds. The highest BCUT2D eigenvalue weighted by atomic mass is 14.6. The zero-order valence-corrected chi connectivity index (χ0v) is 14.8. The van der Waals surface area contributed by atoms with Crippen LogP contribution in [0.5, 0.6) is 0 Å². The quantitative estimate of drug-likeness (QED) is 0.321. The number of hydrogen-bond acceptors (Lipinski definition) is 1. The van der Waals surface area contributed by atoms with E-state index in [0.29, 0.717) is 0 Å². The highest BCUT2D eigenvalue weighted by Crippen LogP contribution is 2.13. The maximum Gasteiger partial charge on any atom is 0.0920 e. The maximum atomic E-state index is 4.04. The molecular formula is C21H36N. The first-order valence-corrected chi connectivity index (χ1v) is 9.75. The van der Waals surface area contributed by atoms with Gasteiger partial charge in [0.25, 0.3) is 0 Å². The van der Waals surface area contributed by atoms with Crippen LogP contribution < -0.4 is 0 Å². The van der Waals surface area contributed by atoms with Crippen LogP contribution >= 0.6 is 0 Å². The molecule has 0 N–H and O–H groups in total. The zero-order chi connectivity index (χ0) is 15.7. The topological polar surface area (TPSA) is 12.9 Å². The minimum absolute atomic E-state index is 1.14. The van der Waals surface area contributed by atoms with Crippen molar-refractivity contribution in [3.8, 4) is 0 Å². The van der Waals surface area contributed by atoms with Crippen LogP contribution in [-0.4, -0.2) is 4.98 Å². The molecule has 1 rings (SSSR count). The van der Waals surface area contributed by atoms with Gasteiger partial charge in [0.15, 0.2) is 0 Å². The van der Waals surface area contributed by atoms with Gasteiger partial charge in [-0.2, -0.15) is 0 Å². The number of pyridine rings is 1. The predicted octanol–water partition coefficient (Wildman–Crippen LogP) is 6.91. The first-order chi connectivity index (χ1) is 10.9. The fourth-order valence-corrected chi connectivity index (χ4v) is 3.01. The van der Waals surface area contributed by atoms with E-state index in [4.69, 9.17) is 0 Å². The fraction of sp³-hybridized carbons (Fsp3) is 0.762. The number of rotatable bonds is 15. The van der Waals surface area contributed by atoms with Crippen molar-refractivity contribution >= 4 is 0 Å². The molecule has 0 spiro atoms. The monoisotopic (exact) mass is 302 g/mol. The van der Waals surface area contributed by atoms with Crippen molar-refractivity contribution < 1.29 is 0 Å². The van der Waals surface area contributed by atoms with Crippen LogP contribution in [0.1, 0.15) is 102 Å². The van der Waals surface area contributed by atoms with E-state index in [9.17, 15) is 0 Å². The van der Waals surface area contributed by atoms with Gasteiger partial charge < -0.3 is 0 Å². The van der Waals surface area contributed by atoms with Gasteiger partial charge in [-0.05, 0) is 24.5 Å². The molecule has 1 nitrogen and oxygen atoms in total. The summed E-state index contributed by atoms with van der Waals surface area (Å²) in [5.41, 5.74) is 1.27. The molecule has 0 fully saturated rings. The van der Waals surface area contributed by atoms with Crippen molar-refractivity contribution in [3.63, 3.8) is 0 Å². The second-order valence-electron chi connectivity index (χ2n) is 6.62. The molecule has 0 atom stereocenters. The Bertz CT molecular complexity index is 320. The smallest absolute Gasteiger partial charge is 0.0920 e. The molecule has 0 bridgehead atoms. The minimum atomic E-state index is 1.14. The van der Waals surface area contributed by atoms with Crippen molar-refractivity contribution in [1.82, 2.24) is 4.98 Å². The lowest BCUT2D eigenvalue weighted by molar-refractivity contribution is 0.535. The number of aryl methyl sites for hydroxylation is 1. The SMILES string of the molecule is CCCCCCCCCCCCCCCCc1[c]nccc1. The zero-order valence-electron chi connectivity index (χ0n) is 14.8. The first kappa shape index (κ1) is 19.2. The van der Waals surface area contributed by atoms with Gasteiger partial charge in [-0.3, -0.25) is 4.98 Å². The van der Waals surface area contributed by atoms with E-state index in [2.05, 4.69) is 24.2 Å². The molecule has 0 aromatic carbocycles. The Hall–Kier alpha value is -0.850. The number of hydrogen-bond donors (Lipinski definition) is 0. The molecule has 0 aliphatic heterocycles. The molecule has 1 heteroatoms. The average Bonchev–Trinajstić information content (AvgIpc) is 2.56. The van der Waals surface area contributed by atoms with Crippen molar-refractivity contribution in [2.45, 2.75) is 103 Å². The van der Waals surface area contributed by atoms with Gasteiger partial charge >= 0.3 is 0 Å². The Morgan fingerprint density at radius 1 is 0.727 bits per heavy atom. The molecule has 0 saturated heterocycles. The normalized spacial score (nSPS) is 11.0. The number of aromatic nitrogens is 1. The van der Waals surface area contributed by atoms with Crippen molar-refractivity contribution in [1.29, 1.82) is 0 Å². The van der Waals surface area contributed by atoms with E-state index in [-0.39, 0.29) is 0 Å². The summed E-state index contributed by atoms with van der Waals surface area (Å²) in [4.78, 5) is 4.04. The molecule has 1 heterocycles. The van der Waals surface area contributed by atoms with Gasteiger partial charge in [0, 0.05) is 6.20 Å². The van der Waals surface area contributed by atoms with Crippen molar-refractivity contribution in [3.05, 3.63) is 30.1 Å². The third-order valence-corrected chi connectivity index (χ3v) is 4.47. The lowest BCUT2D eigenvalue weighted by atomic mass is 10.0.